The number of H-pyrrole nitrogens is 1. The molecular formula is C25H20F3N3O3. The van der Waals surface area contributed by atoms with E-state index in [1.165, 1.54) is 6.20 Å². The Morgan fingerprint density at radius 3 is 2.71 bits per heavy atom. The lowest BCUT2D eigenvalue weighted by molar-refractivity contribution is -0.257. The van der Waals surface area contributed by atoms with Crippen molar-refractivity contribution in [2.24, 2.45) is 0 Å². The number of alkyl halides is 3. The average Bonchev–Trinajstić information content (AvgIpc) is 3.44. The minimum Gasteiger partial charge on any atom is -0.439 e. The lowest BCUT2D eigenvalue weighted by atomic mass is 9.95. The van der Waals surface area contributed by atoms with Gasteiger partial charge >= 0.3 is 6.18 Å². The van der Waals surface area contributed by atoms with Crippen molar-refractivity contribution in [3.63, 3.8) is 0 Å². The number of fused-ring (bicyclic) bond motifs is 1. The number of rotatable bonds is 5. The van der Waals surface area contributed by atoms with Gasteiger partial charge in [-0.3, -0.25) is 4.79 Å². The maximum absolute atomic E-state index is 13.3. The van der Waals surface area contributed by atoms with Gasteiger partial charge in [-0.2, -0.15) is 13.2 Å². The summed E-state index contributed by atoms with van der Waals surface area (Å²) in [7, 11) is 0. The van der Waals surface area contributed by atoms with Gasteiger partial charge in [0.05, 0.1) is 11.0 Å². The van der Waals surface area contributed by atoms with Gasteiger partial charge in [-0.15, -0.1) is 0 Å². The SMILES string of the molecule is O=Cc1ccc(Oc2ncccc2[C@@H]2CC[C@](O)(C(F)(F)F)C2)cc1-c1nc2ccccc2[nH]1. The van der Waals surface area contributed by atoms with Gasteiger partial charge in [0.25, 0.3) is 0 Å². The Balaban J connectivity index is 1.47. The minimum absolute atomic E-state index is 0.159. The molecular weight excluding hydrogens is 447 g/mol. The Kier molecular flexibility index (Phi) is 5.36. The molecule has 2 aromatic heterocycles. The molecule has 1 saturated carbocycles. The Morgan fingerprint density at radius 2 is 1.97 bits per heavy atom. The zero-order chi connectivity index (χ0) is 23.9. The van der Waals surface area contributed by atoms with Gasteiger partial charge in [0.2, 0.25) is 5.88 Å². The van der Waals surface area contributed by atoms with Crippen molar-refractivity contribution in [1.29, 1.82) is 0 Å². The number of aldehydes is 1. The van der Waals surface area contributed by atoms with Crippen molar-refractivity contribution in [3.8, 4) is 23.0 Å². The number of para-hydroxylation sites is 2. The van der Waals surface area contributed by atoms with Gasteiger partial charge in [0.15, 0.2) is 11.9 Å². The van der Waals surface area contributed by atoms with Crippen LogP contribution in [0, 0.1) is 0 Å². The van der Waals surface area contributed by atoms with Crippen molar-refractivity contribution >= 4 is 17.3 Å². The number of nitrogens with zero attached hydrogens (tertiary/aromatic N) is 2. The van der Waals surface area contributed by atoms with Crippen molar-refractivity contribution in [2.45, 2.75) is 37.0 Å². The number of aromatic amines is 1. The second-order valence-electron chi connectivity index (χ2n) is 8.44. The second-order valence-corrected chi connectivity index (χ2v) is 8.44. The number of ether oxygens (including phenoxy) is 1. The van der Waals surface area contributed by atoms with E-state index in [0.29, 0.717) is 28.3 Å². The van der Waals surface area contributed by atoms with E-state index in [4.69, 9.17) is 4.74 Å². The van der Waals surface area contributed by atoms with Crippen molar-refractivity contribution < 1.29 is 27.8 Å². The smallest absolute Gasteiger partial charge is 0.417 e. The molecule has 174 valence electrons. The van der Waals surface area contributed by atoms with E-state index in [1.54, 1.807) is 30.3 Å². The molecule has 0 bridgehead atoms. The highest BCUT2D eigenvalue weighted by molar-refractivity contribution is 5.89. The van der Waals surface area contributed by atoms with E-state index < -0.39 is 24.1 Å². The molecule has 2 aromatic carbocycles. The fourth-order valence-corrected chi connectivity index (χ4v) is 4.45. The van der Waals surface area contributed by atoms with Crippen LogP contribution in [0.15, 0.2) is 60.8 Å². The predicted octanol–water partition coefficient (Wildman–Crippen LogP) is 5.79. The van der Waals surface area contributed by atoms with Gasteiger partial charge in [-0.1, -0.05) is 18.2 Å². The van der Waals surface area contributed by atoms with E-state index >= 15 is 0 Å². The summed E-state index contributed by atoms with van der Waals surface area (Å²) in [5.74, 6) is 0.443. The van der Waals surface area contributed by atoms with Crippen LogP contribution in [0.1, 0.15) is 41.1 Å². The molecule has 0 unspecified atom stereocenters. The molecule has 0 saturated heterocycles. The molecule has 0 spiro atoms. The second kappa shape index (κ2) is 8.25. The number of carbonyl (C=O) groups excluding carboxylic acids is 1. The average molecular weight is 467 g/mol. The lowest BCUT2D eigenvalue weighted by Gasteiger charge is -2.26. The first-order valence-electron chi connectivity index (χ1n) is 10.7. The van der Waals surface area contributed by atoms with Crippen LogP contribution < -0.4 is 4.74 Å². The van der Waals surface area contributed by atoms with E-state index in [-0.39, 0.29) is 18.7 Å². The number of nitrogens with one attached hydrogen (secondary N) is 1. The number of imidazole rings is 1. The number of hydrogen-bond acceptors (Lipinski definition) is 5. The molecule has 2 N–H and O–H groups in total. The number of benzene rings is 2. The van der Waals surface area contributed by atoms with Crippen LogP contribution >= 0.6 is 0 Å². The van der Waals surface area contributed by atoms with Gasteiger partial charge in [0.1, 0.15) is 11.6 Å². The molecule has 6 nitrogen and oxygen atoms in total. The highest BCUT2D eigenvalue weighted by atomic mass is 19.4. The van der Waals surface area contributed by atoms with E-state index in [1.807, 2.05) is 24.3 Å². The first kappa shape index (κ1) is 22.1. The number of aromatic nitrogens is 3. The number of carbonyl (C=O) groups is 1. The highest BCUT2D eigenvalue weighted by Gasteiger charge is 2.57. The van der Waals surface area contributed by atoms with Crippen molar-refractivity contribution in [1.82, 2.24) is 15.0 Å². The van der Waals surface area contributed by atoms with Gasteiger partial charge in [-0.25, -0.2) is 9.97 Å². The zero-order valence-corrected chi connectivity index (χ0v) is 17.8. The summed E-state index contributed by atoms with van der Waals surface area (Å²) in [6.07, 6.45) is -3.16. The number of hydrogen-bond donors (Lipinski definition) is 2. The molecule has 1 aliphatic carbocycles. The molecule has 0 radical (unpaired) electrons. The minimum atomic E-state index is -4.70. The van der Waals surface area contributed by atoms with Crippen LogP contribution in [0.5, 0.6) is 11.6 Å². The number of aliphatic hydroxyl groups is 1. The summed E-state index contributed by atoms with van der Waals surface area (Å²) >= 11 is 0. The molecule has 1 fully saturated rings. The third kappa shape index (κ3) is 3.92. The predicted molar refractivity (Wildman–Crippen MR) is 119 cm³/mol. The van der Waals surface area contributed by atoms with E-state index in [0.717, 1.165) is 17.3 Å². The summed E-state index contributed by atoms with van der Waals surface area (Å²) in [4.78, 5) is 23.6. The Hall–Kier alpha value is -3.72. The maximum Gasteiger partial charge on any atom is 0.417 e. The third-order valence-electron chi connectivity index (χ3n) is 6.27. The largest absolute Gasteiger partial charge is 0.439 e. The molecule has 9 heteroatoms. The molecule has 4 aromatic rings. The summed E-state index contributed by atoms with van der Waals surface area (Å²) < 4.78 is 45.9. The Morgan fingerprint density at radius 1 is 1.15 bits per heavy atom. The molecule has 34 heavy (non-hydrogen) atoms. The van der Waals surface area contributed by atoms with E-state index in [9.17, 15) is 23.1 Å². The molecule has 0 aliphatic heterocycles. The van der Waals surface area contributed by atoms with Crippen molar-refractivity contribution in [3.05, 3.63) is 71.9 Å². The first-order valence-corrected chi connectivity index (χ1v) is 10.7. The highest BCUT2D eigenvalue weighted by Crippen LogP contribution is 2.50. The zero-order valence-electron chi connectivity index (χ0n) is 17.8. The van der Waals surface area contributed by atoms with Gasteiger partial charge < -0.3 is 14.8 Å². The Labute approximate surface area is 192 Å². The number of pyridine rings is 1. The molecule has 0 amide bonds. The Bertz CT molecular complexity index is 1340. The van der Waals surface area contributed by atoms with Crippen LogP contribution in [0.2, 0.25) is 0 Å². The summed E-state index contributed by atoms with van der Waals surface area (Å²) in [5.41, 5.74) is 0.252. The third-order valence-corrected chi connectivity index (χ3v) is 6.27. The quantitative estimate of drug-likeness (QED) is 0.363. The fraction of sp³-hybridized carbons (Fsp3) is 0.240. The number of halogens is 3. The van der Waals surface area contributed by atoms with Crippen LogP contribution in [0.4, 0.5) is 13.2 Å². The molecule has 5 rings (SSSR count). The van der Waals surface area contributed by atoms with Gasteiger partial charge in [0, 0.05) is 22.9 Å². The van der Waals surface area contributed by atoms with Crippen LogP contribution in [0.25, 0.3) is 22.4 Å². The van der Waals surface area contributed by atoms with Crippen LogP contribution in [-0.2, 0) is 0 Å². The standard InChI is InChI=1S/C25H20F3N3O3/c26-25(27,28)24(33)10-9-15(13-24)18-4-3-11-29-23(18)34-17-8-7-16(14-32)19(12-17)22-30-20-5-1-2-6-21(20)31-22/h1-8,11-12,14-15,33H,9-10,13H2,(H,30,31)/t15-,24-/m1/s1. The van der Waals surface area contributed by atoms with Crippen LogP contribution in [0.3, 0.4) is 0 Å². The van der Waals surface area contributed by atoms with Crippen LogP contribution in [-0.4, -0.2) is 38.1 Å². The van der Waals surface area contributed by atoms with E-state index in [2.05, 4.69) is 15.0 Å². The molecule has 1 aliphatic rings. The summed E-state index contributed by atoms with van der Waals surface area (Å²) in [6.45, 7) is 0. The monoisotopic (exact) mass is 467 g/mol. The van der Waals surface area contributed by atoms with Gasteiger partial charge in [-0.05, 0) is 61.6 Å². The van der Waals surface area contributed by atoms with Crippen molar-refractivity contribution in [2.75, 3.05) is 0 Å². The topological polar surface area (TPSA) is 88.1 Å². The normalized spacial score (nSPS) is 20.5. The lowest BCUT2D eigenvalue weighted by Crippen LogP contribution is -2.42. The molecule has 2 atom stereocenters. The first-order chi connectivity index (χ1) is 16.3. The summed E-state index contributed by atoms with van der Waals surface area (Å²) in [6, 6.07) is 15.6. The summed E-state index contributed by atoms with van der Waals surface area (Å²) in [5, 5.41) is 10.1. The maximum atomic E-state index is 13.3. The molecule has 2 heterocycles. The fourth-order valence-electron chi connectivity index (χ4n) is 4.45.